The Morgan fingerprint density at radius 2 is 1.64 bits per heavy atom. The van der Waals surface area contributed by atoms with Gasteiger partial charge in [-0.15, -0.1) is 11.8 Å². The third-order valence-electron chi connectivity index (χ3n) is 5.11. The first kappa shape index (κ1) is 18.8. The summed E-state index contributed by atoms with van der Waals surface area (Å²) < 4.78 is 5.20. The average Bonchev–Trinajstić information content (AvgIpc) is 2.75. The van der Waals surface area contributed by atoms with E-state index in [-0.39, 0.29) is 24.1 Å². The number of esters is 1. The van der Waals surface area contributed by atoms with Crippen LogP contribution in [0.15, 0.2) is 65.6 Å². The maximum Gasteiger partial charge on any atom is 0.316 e. The molecule has 4 rings (SSSR count). The molecule has 0 radical (unpaired) electrons. The maximum absolute atomic E-state index is 12.4. The van der Waals surface area contributed by atoms with Crippen molar-refractivity contribution in [2.45, 2.75) is 30.6 Å². The highest BCUT2D eigenvalue weighted by Gasteiger charge is 2.14. The van der Waals surface area contributed by atoms with Crippen molar-refractivity contribution in [3.05, 3.63) is 77.4 Å². The maximum atomic E-state index is 12.4. The number of benzene rings is 3. The quantitative estimate of drug-likeness (QED) is 0.328. The molecule has 1 aliphatic rings. The zero-order valence-corrected chi connectivity index (χ0v) is 16.5. The van der Waals surface area contributed by atoms with Crippen molar-refractivity contribution in [3.8, 4) is 0 Å². The molecule has 142 valence electrons. The molecule has 4 heteroatoms. The third kappa shape index (κ3) is 4.45. The Morgan fingerprint density at radius 3 is 2.50 bits per heavy atom. The molecular formula is C24H22O3S. The largest absolute Gasteiger partial charge is 0.457 e. The Hall–Kier alpha value is -2.59. The topological polar surface area (TPSA) is 43.4 Å². The summed E-state index contributed by atoms with van der Waals surface area (Å²) in [7, 11) is 0. The number of fused-ring (bicyclic) bond motifs is 2. The van der Waals surface area contributed by atoms with E-state index in [0.29, 0.717) is 5.56 Å². The van der Waals surface area contributed by atoms with Gasteiger partial charge >= 0.3 is 5.97 Å². The van der Waals surface area contributed by atoms with Crippen molar-refractivity contribution in [2.24, 2.45) is 0 Å². The normalized spacial score (nSPS) is 13.1. The second kappa shape index (κ2) is 8.61. The van der Waals surface area contributed by atoms with Gasteiger partial charge in [0, 0.05) is 10.5 Å². The smallest absolute Gasteiger partial charge is 0.316 e. The fourth-order valence-electron chi connectivity index (χ4n) is 3.58. The predicted octanol–water partition coefficient (Wildman–Crippen LogP) is 5.24. The van der Waals surface area contributed by atoms with E-state index < -0.39 is 0 Å². The van der Waals surface area contributed by atoms with Gasteiger partial charge in [0.1, 0.15) is 0 Å². The number of thioether (sulfide) groups is 1. The highest BCUT2D eigenvalue weighted by atomic mass is 32.2. The lowest BCUT2D eigenvalue weighted by Gasteiger charge is -2.16. The molecule has 0 unspecified atom stereocenters. The van der Waals surface area contributed by atoms with Gasteiger partial charge in [-0.1, -0.05) is 42.5 Å². The molecule has 0 saturated carbocycles. The fourth-order valence-corrected chi connectivity index (χ4v) is 4.32. The molecule has 0 atom stereocenters. The summed E-state index contributed by atoms with van der Waals surface area (Å²) in [6, 6.07) is 20.1. The Morgan fingerprint density at radius 1 is 0.857 bits per heavy atom. The minimum absolute atomic E-state index is 0.141. The van der Waals surface area contributed by atoms with Gasteiger partial charge in [0.2, 0.25) is 0 Å². The Labute approximate surface area is 169 Å². The second-order valence-corrected chi connectivity index (χ2v) is 8.12. The number of carbonyl (C=O) groups is 2. The van der Waals surface area contributed by atoms with E-state index in [9.17, 15) is 9.59 Å². The number of aryl methyl sites for hydroxylation is 2. The first-order chi connectivity index (χ1) is 13.7. The lowest BCUT2D eigenvalue weighted by Crippen LogP contribution is -2.16. The van der Waals surface area contributed by atoms with Crippen LogP contribution < -0.4 is 0 Å². The molecule has 3 nitrogen and oxygen atoms in total. The van der Waals surface area contributed by atoms with Crippen LogP contribution in [0.25, 0.3) is 10.8 Å². The molecule has 3 aromatic rings. The molecule has 0 aliphatic heterocycles. The fraction of sp³-hybridized carbons (Fsp3) is 0.250. The summed E-state index contributed by atoms with van der Waals surface area (Å²) in [6.07, 6.45) is 4.50. The zero-order chi connectivity index (χ0) is 19.3. The number of ketones is 1. The molecule has 0 spiro atoms. The summed E-state index contributed by atoms with van der Waals surface area (Å²) >= 11 is 1.42. The van der Waals surface area contributed by atoms with E-state index in [1.165, 1.54) is 41.1 Å². The van der Waals surface area contributed by atoms with Crippen LogP contribution >= 0.6 is 11.8 Å². The van der Waals surface area contributed by atoms with Crippen LogP contribution in [0.1, 0.15) is 34.3 Å². The van der Waals surface area contributed by atoms with E-state index >= 15 is 0 Å². The van der Waals surface area contributed by atoms with Gasteiger partial charge in [-0.2, -0.15) is 0 Å². The van der Waals surface area contributed by atoms with E-state index in [4.69, 9.17) is 4.74 Å². The van der Waals surface area contributed by atoms with Gasteiger partial charge in [0.15, 0.2) is 12.4 Å². The summed E-state index contributed by atoms with van der Waals surface area (Å²) in [5.41, 5.74) is 3.23. The van der Waals surface area contributed by atoms with Gasteiger partial charge in [0.25, 0.3) is 0 Å². The number of Topliss-reactive ketones (excluding diaryl/α,β-unsaturated/α-hetero) is 1. The van der Waals surface area contributed by atoms with E-state index in [2.05, 4.69) is 18.2 Å². The zero-order valence-electron chi connectivity index (χ0n) is 15.6. The molecule has 0 bridgehead atoms. The number of rotatable bonds is 6. The van der Waals surface area contributed by atoms with Gasteiger partial charge in [0.05, 0.1) is 5.75 Å². The lowest BCUT2D eigenvalue weighted by molar-refractivity contribution is -0.139. The van der Waals surface area contributed by atoms with E-state index in [1.54, 1.807) is 0 Å². The lowest BCUT2D eigenvalue weighted by atomic mass is 9.90. The standard InChI is InChI=1S/C24H22O3S/c25-23(21-10-9-17-5-1-3-7-19(17)13-21)15-27-24(26)16-28-22-12-11-18-6-2-4-8-20(18)14-22/h2,4,6,8-14H,1,3,5,7,15-16H2. The Bertz CT molecular complexity index is 1030. The highest BCUT2D eigenvalue weighted by Crippen LogP contribution is 2.24. The van der Waals surface area contributed by atoms with E-state index in [0.717, 1.165) is 23.1 Å². The van der Waals surface area contributed by atoms with Crippen LogP contribution in [0.3, 0.4) is 0 Å². The van der Waals surface area contributed by atoms with Crippen LogP contribution in [0.5, 0.6) is 0 Å². The third-order valence-corrected chi connectivity index (χ3v) is 6.08. The molecule has 0 amide bonds. The molecule has 0 fully saturated rings. The predicted molar refractivity (Wildman–Crippen MR) is 113 cm³/mol. The monoisotopic (exact) mass is 390 g/mol. The van der Waals surface area contributed by atoms with Gasteiger partial charge in [-0.05, 0) is 65.8 Å². The summed E-state index contributed by atoms with van der Waals surface area (Å²) in [5.74, 6) is -0.322. The van der Waals surface area contributed by atoms with Crippen molar-refractivity contribution < 1.29 is 14.3 Å². The number of hydrogen-bond acceptors (Lipinski definition) is 4. The Balaban J connectivity index is 1.29. The Kier molecular flexibility index (Phi) is 5.77. The molecular weight excluding hydrogens is 368 g/mol. The van der Waals surface area contributed by atoms with Crippen molar-refractivity contribution >= 4 is 34.3 Å². The van der Waals surface area contributed by atoms with Gasteiger partial charge in [-0.3, -0.25) is 9.59 Å². The van der Waals surface area contributed by atoms with Crippen LogP contribution in [-0.2, 0) is 22.4 Å². The first-order valence-corrected chi connectivity index (χ1v) is 10.6. The molecule has 0 N–H and O–H groups in total. The van der Waals surface area contributed by atoms with Crippen molar-refractivity contribution in [2.75, 3.05) is 12.4 Å². The van der Waals surface area contributed by atoms with E-state index in [1.807, 2.05) is 42.5 Å². The van der Waals surface area contributed by atoms with Crippen LogP contribution in [0, 0.1) is 0 Å². The number of ether oxygens (including phenoxy) is 1. The highest BCUT2D eigenvalue weighted by molar-refractivity contribution is 8.00. The molecule has 28 heavy (non-hydrogen) atoms. The summed E-state index contributed by atoms with van der Waals surface area (Å²) in [5, 5.41) is 2.31. The van der Waals surface area contributed by atoms with Crippen LogP contribution in [-0.4, -0.2) is 24.1 Å². The molecule has 3 aromatic carbocycles. The van der Waals surface area contributed by atoms with Crippen molar-refractivity contribution in [1.82, 2.24) is 0 Å². The minimum Gasteiger partial charge on any atom is -0.457 e. The molecule has 0 aromatic heterocycles. The molecule has 0 heterocycles. The number of carbonyl (C=O) groups excluding carboxylic acids is 2. The molecule has 0 saturated heterocycles. The molecule has 1 aliphatic carbocycles. The summed E-state index contributed by atoms with van der Waals surface area (Å²) in [4.78, 5) is 25.4. The minimum atomic E-state index is -0.371. The van der Waals surface area contributed by atoms with Crippen molar-refractivity contribution in [3.63, 3.8) is 0 Å². The van der Waals surface area contributed by atoms with Crippen LogP contribution in [0.2, 0.25) is 0 Å². The first-order valence-electron chi connectivity index (χ1n) is 9.61. The van der Waals surface area contributed by atoms with Crippen LogP contribution in [0.4, 0.5) is 0 Å². The average molecular weight is 391 g/mol. The van der Waals surface area contributed by atoms with Gasteiger partial charge in [-0.25, -0.2) is 0 Å². The van der Waals surface area contributed by atoms with Gasteiger partial charge < -0.3 is 4.74 Å². The van der Waals surface area contributed by atoms with Crippen molar-refractivity contribution in [1.29, 1.82) is 0 Å². The second-order valence-electron chi connectivity index (χ2n) is 7.07. The number of hydrogen-bond donors (Lipinski definition) is 0. The SMILES string of the molecule is O=C(CSc1ccc2ccccc2c1)OCC(=O)c1ccc2c(c1)CCCC2. The summed E-state index contributed by atoms with van der Waals surface area (Å²) in [6.45, 7) is -0.199.